The van der Waals surface area contributed by atoms with E-state index in [2.05, 4.69) is 21.4 Å². The Hall–Kier alpha value is -2.23. The van der Waals surface area contributed by atoms with Crippen LogP contribution in [-0.4, -0.2) is 15.9 Å². The van der Waals surface area contributed by atoms with Crippen molar-refractivity contribution in [3.8, 4) is 0 Å². The zero-order valence-corrected chi connectivity index (χ0v) is 10.6. The minimum atomic E-state index is -0.202. The third-order valence-corrected chi connectivity index (χ3v) is 3.44. The Labute approximate surface area is 111 Å². The van der Waals surface area contributed by atoms with Gasteiger partial charge in [-0.3, -0.25) is 9.78 Å². The summed E-state index contributed by atoms with van der Waals surface area (Å²) < 4.78 is 0. The van der Waals surface area contributed by atoms with E-state index in [1.165, 1.54) is 36.4 Å². The van der Waals surface area contributed by atoms with Gasteiger partial charge in [0.2, 0.25) is 0 Å². The van der Waals surface area contributed by atoms with Crippen molar-refractivity contribution in [2.24, 2.45) is 0 Å². The van der Waals surface area contributed by atoms with Crippen LogP contribution in [0.15, 0.2) is 36.8 Å². The van der Waals surface area contributed by atoms with E-state index in [0.29, 0.717) is 5.69 Å². The molecule has 0 saturated carbocycles. The van der Waals surface area contributed by atoms with E-state index in [0.717, 1.165) is 18.5 Å². The molecule has 4 nitrogen and oxygen atoms in total. The van der Waals surface area contributed by atoms with Gasteiger partial charge in [-0.15, -0.1) is 0 Å². The molecule has 0 unspecified atom stereocenters. The third-order valence-electron chi connectivity index (χ3n) is 3.44. The molecule has 19 heavy (non-hydrogen) atoms. The number of anilines is 1. The van der Waals surface area contributed by atoms with Crippen molar-refractivity contribution in [2.75, 3.05) is 5.32 Å². The van der Waals surface area contributed by atoms with E-state index in [-0.39, 0.29) is 5.91 Å². The first kappa shape index (κ1) is 11.8. The highest BCUT2D eigenvalue weighted by atomic mass is 16.1. The van der Waals surface area contributed by atoms with Gasteiger partial charge >= 0.3 is 0 Å². The van der Waals surface area contributed by atoms with Crippen molar-refractivity contribution in [3.05, 3.63) is 53.6 Å². The van der Waals surface area contributed by atoms with E-state index < -0.39 is 0 Å². The number of aromatic nitrogens is 2. The van der Waals surface area contributed by atoms with Gasteiger partial charge in [0.1, 0.15) is 5.69 Å². The van der Waals surface area contributed by atoms with Gasteiger partial charge in [-0.2, -0.15) is 0 Å². The maximum Gasteiger partial charge on any atom is 0.275 e. The highest BCUT2D eigenvalue weighted by Crippen LogP contribution is 2.27. The summed E-state index contributed by atoms with van der Waals surface area (Å²) in [6, 6.07) is 6.10. The van der Waals surface area contributed by atoms with Crippen LogP contribution in [0.2, 0.25) is 0 Å². The molecule has 0 radical (unpaired) electrons. The number of rotatable bonds is 2. The molecule has 1 aromatic carbocycles. The second-order valence-electron chi connectivity index (χ2n) is 4.70. The van der Waals surface area contributed by atoms with Crippen molar-refractivity contribution in [2.45, 2.75) is 25.7 Å². The molecular formula is C15H15N3O. The summed E-state index contributed by atoms with van der Waals surface area (Å²) in [6.07, 6.45) is 9.11. The largest absolute Gasteiger partial charge is 0.320 e. The minimum absolute atomic E-state index is 0.202. The molecule has 1 aliphatic carbocycles. The average molecular weight is 253 g/mol. The number of carbonyl (C=O) groups excluding carboxylic acids is 1. The Morgan fingerprint density at radius 3 is 2.89 bits per heavy atom. The topological polar surface area (TPSA) is 54.9 Å². The van der Waals surface area contributed by atoms with Crippen molar-refractivity contribution in [3.63, 3.8) is 0 Å². The van der Waals surface area contributed by atoms with Crippen molar-refractivity contribution < 1.29 is 4.79 Å². The first-order chi connectivity index (χ1) is 9.34. The number of nitrogens with one attached hydrogen (secondary N) is 1. The molecule has 1 N–H and O–H groups in total. The van der Waals surface area contributed by atoms with Gasteiger partial charge in [0.15, 0.2) is 0 Å². The number of fused-ring (bicyclic) bond motifs is 1. The smallest absolute Gasteiger partial charge is 0.275 e. The van der Waals surface area contributed by atoms with Crippen LogP contribution in [0, 0.1) is 0 Å². The number of amides is 1. The number of nitrogens with zero attached hydrogens (tertiary/aromatic N) is 2. The van der Waals surface area contributed by atoms with Gasteiger partial charge in [-0.1, -0.05) is 12.1 Å². The SMILES string of the molecule is O=C(Nc1cccc2c1CCCC2)c1cnccn1. The fourth-order valence-electron chi connectivity index (χ4n) is 2.50. The summed E-state index contributed by atoms with van der Waals surface area (Å²) >= 11 is 0. The van der Waals surface area contributed by atoms with Gasteiger partial charge < -0.3 is 5.32 Å². The minimum Gasteiger partial charge on any atom is -0.320 e. The molecule has 0 saturated heterocycles. The summed E-state index contributed by atoms with van der Waals surface area (Å²) in [7, 11) is 0. The van der Waals surface area contributed by atoms with E-state index in [9.17, 15) is 4.79 Å². The Morgan fingerprint density at radius 1 is 1.16 bits per heavy atom. The summed E-state index contributed by atoms with van der Waals surface area (Å²) in [5, 5.41) is 2.94. The van der Waals surface area contributed by atoms with Crippen molar-refractivity contribution in [1.29, 1.82) is 0 Å². The second kappa shape index (κ2) is 5.18. The fraction of sp³-hybridized carbons (Fsp3) is 0.267. The molecule has 0 atom stereocenters. The Morgan fingerprint density at radius 2 is 2.05 bits per heavy atom. The van der Waals surface area contributed by atoms with E-state index in [1.54, 1.807) is 6.20 Å². The van der Waals surface area contributed by atoms with Crippen molar-refractivity contribution in [1.82, 2.24) is 9.97 Å². The summed E-state index contributed by atoms with van der Waals surface area (Å²) in [4.78, 5) is 20.0. The number of hydrogen-bond donors (Lipinski definition) is 1. The normalized spacial score (nSPS) is 13.7. The number of carbonyl (C=O) groups is 1. The lowest BCUT2D eigenvalue weighted by atomic mass is 9.90. The fourth-order valence-corrected chi connectivity index (χ4v) is 2.50. The Kier molecular flexibility index (Phi) is 3.23. The van der Waals surface area contributed by atoms with E-state index >= 15 is 0 Å². The summed E-state index contributed by atoms with van der Waals surface area (Å²) in [6.45, 7) is 0. The molecule has 0 fully saturated rings. The van der Waals surface area contributed by atoms with Gasteiger partial charge in [-0.05, 0) is 42.9 Å². The molecule has 2 aromatic rings. The second-order valence-corrected chi connectivity index (χ2v) is 4.70. The maximum absolute atomic E-state index is 12.1. The highest BCUT2D eigenvalue weighted by Gasteiger charge is 2.15. The molecule has 1 aliphatic rings. The lowest BCUT2D eigenvalue weighted by molar-refractivity contribution is 0.102. The Bertz CT molecular complexity index is 596. The van der Waals surface area contributed by atoms with Crippen LogP contribution >= 0.6 is 0 Å². The molecule has 96 valence electrons. The average Bonchev–Trinajstić information content (AvgIpc) is 2.48. The van der Waals surface area contributed by atoms with E-state index in [4.69, 9.17) is 0 Å². The summed E-state index contributed by atoms with van der Waals surface area (Å²) in [5.74, 6) is -0.202. The van der Waals surface area contributed by atoms with Crippen LogP contribution in [0.3, 0.4) is 0 Å². The van der Waals surface area contributed by atoms with Crippen molar-refractivity contribution >= 4 is 11.6 Å². The van der Waals surface area contributed by atoms with Crippen LogP contribution in [0.25, 0.3) is 0 Å². The van der Waals surface area contributed by atoms with Gasteiger partial charge in [0.25, 0.3) is 5.91 Å². The molecule has 0 aliphatic heterocycles. The molecule has 0 bridgehead atoms. The molecule has 1 aromatic heterocycles. The lowest BCUT2D eigenvalue weighted by Crippen LogP contribution is -2.16. The molecule has 4 heteroatoms. The first-order valence-corrected chi connectivity index (χ1v) is 6.53. The number of hydrogen-bond acceptors (Lipinski definition) is 3. The predicted octanol–water partition coefficient (Wildman–Crippen LogP) is 2.61. The Balaban J connectivity index is 1.86. The molecule has 0 spiro atoms. The van der Waals surface area contributed by atoms with Crippen LogP contribution in [0.5, 0.6) is 0 Å². The zero-order valence-electron chi connectivity index (χ0n) is 10.6. The molecular weight excluding hydrogens is 238 g/mol. The number of benzene rings is 1. The highest BCUT2D eigenvalue weighted by molar-refractivity contribution is 6.03. The van der Waals surface area contributed by atoms with Crippen LogP contribution in [-0.2, 0) is 12.8 Å². The monoisotopic (exact) mass is 253 g/mol. The van der Waals surface area contributed by atoms with Gasteiger partial charge in [-0.25, -0.2) is 4.98 Å². The maximum atomic E-state index is 12.1. The third kappa shape index (κ3) is 2.47. The van der Waals surface area contributed by atoms with Gasteiger partial charge in [0, 0.05) is 18.1 Å². The first-order valence-electron chi connectivity index (χ1n) is 6.53. The predicted molar refractivity (Wildman–Crippen MR) is 73.1 cm³/mol. The van der Waals surface area contributed by atoms with E-state index in [1.807, 2.05) is 12.1 Å². The zero-order chi connectivity index (χ0) is 13.1. The molecule has 1 heterocycles. The lowest BCUT2D eigenvalue weighted by Gasteiger charge is -2.19. The molecule has 1 amide bonds. The number of aryl methyl sites for hydroxylation is 1. The van der Waals surface area contributed by atoms with Crippen LogP contribution in [0.1, 0.15) is 34.5 Å². The van der Waals surface area contributed by atoms with Gasteiger partial charge in [0.05, 0.1) is 6.20 Å². The van der Waals surface area contributed by atoms with Crippen LogP contribution in [0.4, 0.5) is 5.69 Å². The molecule has 3 rings (SSSR count). The quantitative estimate of drug-likeness (QED) is 0.895. The standard InChI is InChI=1S/C15H15N3O/c19-15(14-10-16-8-9-17-14)18-13-7-3-5-11-4-1-2-6-12(11)13/h3,5,7-10H,1-2,4,6H2,(H,18,19). The van der Waals surface area contributed by atoms with Crippen LogP contribution < -0.4 is 5.32 Å². The summed E-state index contributed by atoms with van der Waals surface area (Å²) in [5.41, 5.74) is 3.87.